The molecule has 1 saturated carbocycles. The van der Waals surface area contributed by atoms with Crippen molar-refractivity contribution in [2.24, 2.45) is 0 Å². The first-order valence-corrected chi connectivity index (χ1v) is 7.35. The lowest BCUT2D eigenvalue weighted by Gasteiger charge is -2.26. The number of anilines is 1. The van der Waals surface area contributed by atoms with E-state index in [0.29, 0.717) is 17.9 Å². The van der Waals surface area contributed by atoms with E-state index >= 15 is 0 Å². The third-order valence-electron chi connectivity index (χ3n) is 4.24. The summed E-state index contributed by atoms with van der Waals surface area (Å²) in [5.41, 5.74) is -0.115. The van der Waals surface area contributed by atoms with Gasteiger partial charge in [0.25, 0.3) is 0 Å². The first-order valence-electron chi connectivity index (χ1n) is 6.17. The highest BCUT2D eigenvalue weighted by molar-refractivity contribution is 9.10. The zero-order valence-corrected chi connectivity index (χ0v) is 12.6. The topological polar surface area (TPSA) is 68.9 Å². The van der Waals surface area contributed by atoms with Crippen LogP contribution in [-0.4, -0.2) is 22.2 Å². The van der Waals surface area contributed by atoms with Gasteiger partial charge in [0, 0.05) is 23.7 Å². The summed E-state index contributed by atoms with van der Waals surface area (Å²) >= 11 is 9.81. The first kappa shape index (κ1) is 13.2. The molecule has 1 aromatic rings. The summed E-state index contributed by atoms with van der Waals surface area (Å²) in [6.45, 7) is 0.721. The average Bonchev–Trinajstić information content (AvgIpc) is 2.88. The van der Waals surface area contributed by atoms with Crippen LogP contribution in [-0.2, 0) is 5.41 Å². The van der Waals surface area contributed by atoms with Crippen molar-refractivity contribution in [2.75, 3.05) is 11.9 Å². The summed E-state index contributed by atoms with van der Waals surface area (Å²) in [6.07, 6.45) is 3.87. The van der Waals surface area contributed by atoms with Crippen LogP contribution in [0.4, 0.5) is 5.82 Å². The smallest absolute Gasteiger partial charge is 0.131 e. The Hall–Kier alpha value is -0.830. The fourth-order valence-electron chi connectivity index (χ4n) is 3.37. The van der Waals surface area contributed by atoms with Gasteiger partial charge >= 0.3 is 0 Å². The molecule has 2 heterocycles. The van der Waals surface area contributed by atoms with Crippen LogP contribution in [0.2, 0.25) is 5.02 Å². The summed E-state index contributed by atoms with van der Waals surface area (Å²) in [4.78, 5) is 4.34. The van der Waals surface area contributed by atoms with Gasteiger partial charge in [-0.1, -0.05) is 11.6 Å². The van der Waals surface area contributed by atoms with Crippen LogP contribution in [0.15, 0.2) is 10.7 Å². The van der Waals surface area contributed by atoms with E-state index in [1.165, 1.54) is 0 Å². The van der Waals surface area contributed by atoms with Gasteiger partial charge in [0.2, 0.25) is 0 Å². The van der Waals surface area contributed by atoms with Gasteiger partial charge in [-0.25, -0.2) is 4.98 Å². The molecule has 2 atom stereocenters. The Kier molecular flexibility index (Phi) is 3.01. The van der Waals surface area contributed by atoms with Crippen LogP contribution in [0.1, 0.15) is 31.2 Å². The number of fused-ring (bicyclic) bond motifs is 2. The monoisotopic (exact) mass is 341 g/mol. The molecule has 2 unspecified atom stereocenters. The number of aliphatic hydroxyl groups is 1. The zero-order valence-electron chi connectivity index (χ0n) is 10.2. The van der Waals surface area contributed by atoms with Gasteiger partial charge in [-0.05, 0) is 35.2 Å². The highest BCUT2D eigenvalue weighted by Gasteiger charge is 2.52. The van der Waals surface area contributed by atoms with Crippen LogP contribution in [0.5, 0.6) is 0 Å². The van der Waals surface area contributed by atoms with Crippen molar-refractivity contribution in [3.63, 3.8) is 0 Å². The van der Waals surface area contributed by atoms with E-state index in [1.54, 1.807) is 6.20 Å². The van der Waals surface area contributed by atoms with Gasteiger partial charge in [0.1, 0.15) is 5.82 Å². The van der Waals surface area contributed by atoms with E-state index in [9.17, 15) is 5.11 Å². The predicted molar refractivity (Wildman–Crippen MR) is 76.1 cm³/mol. The van der Waals surface area contributed by atoms with Crippen molar-refractivity contribution in [1.29, 1.82) is 5.26 Å². The lowest BCUT2D eigenvalue weighted by Crippen LogP contribution is -2.31. The Labute approximate surface area is 124 Å². The maximum absolute atomic E-state index is 10.5. The van der Waals surface area contributed by atoms with Crippen molar-refractivity contribution in [1.82, 2.24) is 4.98 Å². The summed E-state index contributed by atoms with van der Waals surface area (Å²) < 4.78 is 0.770. The standard InChI is InChI=1S/C13H13BrClN3O/c14-8-5-17-11-9(10(8)15)12(7-18-11)1-2-13(19,6-12)3-4-16/h5,19H,1-3,6-7H2,(H,17,18). The molecule has 4 nitrogen and oxygen atoms in total. The maximum Gasteiger partial charge on any atom is 0.131 e. The fraction of sp³-hybridized carbons (Fsp3) is 0.538. The second kappa shape index (κ2) is 4.34. The molecular weight excluding hydrogens is 330 g/mol. The van der Waals surface area contributed by atoms with E-state index < -0.39 is 5.60 Å². The molecule has 1 spiro atoms. The highest BCUT2D eigenvalue weighted by atomic mass is 79.9. The number of aromatic nitrogens is 1. The van der Waals surface area contributed by atoms with Gasteiger partial charge in [-0.15, -0.1) is 0 Å². The predicted octanol–water partition coefficient (Wildman–Crippen LogP) is 2.99. The van der Waals surface area contributed by atoms with Crippen molar-refractivity contribution in [3.8, 4) is 6.07 Å². The number of rotatable bonds is 1. The Balaban J connectivity index is 2.04. The molecule has 2 N–H and O–H groups in total. The molecule has 0 saturated heterocycles. The normalized spacial score (nSPS) is 32.1. The van der Waals surface area contributed by atoms with Crippen molar-refractivity contribution < 1.29 is 5.11 Å². The first-order chi connectivity index (χ1) is 9.00. The van der Waals surface area contributed by atoms with Crippen molar-refractivity contribution in [3.05, 3.63) is 21.3 Å². The Bertz CT molecular complexity index is 588. The van der Waals surface area contributed by atoms with Gasteiger partial charge in [0.05, 0.1) is 27.6 Å². The summed E-state index contributed by atoms with van der Waals surface area (Å²) in [5.74, 6) is 0.800. The van der Waals surface area contributed by atoms with Crippen molar-refractivity contribution >= 4 is 33.3 Å². The molecule has 1 aromatic heterocycles. The molecule has 1 aliphatic carbocycles. The van der Waals surface area contributed by atoms with Crippen LogP contribution < -0.4 is 5.32 Å². The molecule has 6 heteroatoms. The molecule has 0 bridgehead atoms. The number of hydrogen-bond donors (Lipinski definition) is 2. The SMILES string of the molecule is N#CCC1(O)CCC2(CNc3ncc(Br)c(Cl)c32)C1. The molecule has 1 fully saturated rings. The molecule has 0 radical (unpaired) electrons. The summed E-state index contributed by atoms with van der Waals surface area (Å²) in [7, 11) is 0. The van der Waals surface area contributed by atoms with E-state index in [0.717, 1.165) is 28.8 Å². The second-order valence-electron chi connectivity index (χ2n) is 5.51. The number of nitriles is 1. The van der Waals surface area contributed by atoms with Gasteiger partial charge < -0.3 is 10.4 Å². The zero-order chi connectivity index (χ0) is 13.7. The van der Waals surface area contributed by atoms with E-state index in [2.05, 4.69) is 32.3 Å². The van der Waals surface area contributed by atoms with Crippen LogP contribution in [0.3, 0.4) is 0 Å². The maximum atomic E-state index is 10.5. The highest BCUT2D eigenvalue weighted by Crippen LogP contribution is 2.54. The molecule has 3 rings (SSSR count). The molecule has 0 aromatic carbocycles. The van der Waals surface area contributed by atoms with Crippen LogP contribution in [0.25, 0.3) is 0 Å². The van der Waals surface area contributed by atoms with Gasteiger partial charge in [-0.3, -0.25) is 0 Å². The van der Waals surface area contributed by atoms with Crippen LogP contribution in [0, 0.1) is 11.3 Å². The lowest BCUT2D eigenvalue weighted by atomic mass is 9.79. The Morgan fingerprint density at radius 3 is 3.11 bits per heavy atom. The van der Waals surface area contributed by atoms with Crippen LogP contribution >= 0.6 is 27.5 Å². The Morgan fingerprint density at radius 2 is 2.37 bits per heavy atom. The Morgan fingerprint density at radius 1 is 1.58 bits per heavy atom. The number of nitrogens with zero attached hydrogens (tertiary/aromatic N) is 2. The third kappa shape index (κ3) is 1.94. The average molecular weight is 343 g/mol. The molecule has 0 amide bonds. The number of nitrogens with one attached hydrogen (secondary N) is 1. The minimum atomic E-state index is -0.899. The van der Waals surface area contributed by atoms with E-state index in [4.69, 9.17) is 16.9 Å². The number of pyridine rings is 1. The number of halogens is 2. The minimum absolute atomic E-state index is 0.170. The minimum Gasteiger partial charge on any atom is -0.389 e. The fourth-order valence-corrected chi connectivity index (χ4v) is 4.01. The molecule has 19 heavy (non-hydrogen) atoms. The van der Waals surface area contributed by atoms with Gasteiger partial charge in [0.15, 0.2) is 0 Å². The number of hydrogen-bond acceptors (Lipinski definition) is 4. The summed E-state index contributed by atoms with van der Waals surface area (Å²) in [5, 5.41) is 23.3. The molecule has 1 aliphatic heterocycles. The quantitative estimate of drug-likeness (QED) is 0.823. The molecule has 2 aliphatic rings. The van der Waals surface area contributed by atoms with Crippen molar-refractivity contribution in [2.45, 2.75) is 36.7 Å². The van der Waals surface area contributed by atoms with E-state index in [-0.39, 0.29) is 11.8 Å². The second-order valence-corrected chi connectivity index (χ2v) is 6.75. The lowest BCUT2D eigenvalue weighted by molar-refractivity contribution is 0.0467. The third-order valence-corrected chi connectivity index (χ3v) is 5.46. The van der Waals surface area contributed by atoms with Gasteiger partial charge in [-0.2, -0.15) is 5.26 Å². The van der Waals surface area contributed by atoms with E-state index in [1.807, 2.05) is 0 Å². The molecule has 100 valence electrons. The largest absolute Gasteiger partial charge is 0.389 e. The molecular formula is C13H13BrClN3O. The summed E-state index contributed by atoms with van der Waals surface area (Å²) in [6, 6.07) is 2.08.